The van der Waals surface area contributed by atoms with Gasteiger partial charge in [-0.25, -0.2) is 8.42 Å². The van der Waals surface area contributed by atoms with Crippen LogP contribution in [0.3, 0.4) is 0 Å². The maximum atomic E-state index is 13.2. The molecule has 1 saturated heterocycles. The van der Waals surface area contributed by atoms with Gasteiger partial charge in [-0.3, -0.25) is 4.79 Å². The van der Waals surface area contributed by atoms with Crippen LogP contribution in [0.1, 0.15) is 36.3 Å². The summed E-state index contributed by atoms with van der Waals surface area (Å²) in [6, 6.07) is 12.0. The average Bonchev–Trinajstić information content (AvgIpc) is 3.57. The van der Waals surface area contributed by atoms with Gasteiger partial charge in [0.05, 0.1) is 32.7 Å². The predicted molar refractivity (Wildman–Crippen MR) is 126 cm³/mol. The lowest BCUT2D eigenvalue weighted by Crippen LogP contribution is -2.35. The van der Waals surface area contributed by atoms with Crippen LogP contribution in [0.4, 0.5) is 0 Å². The topological polar surface area (TPSA) is 93.2 Å². The zero-order valence-electron chi connectivity index (χ0n) is 19.1. The number of furan rings is 2. The van der Waals surface area contributed by atoms with Gasteiger partial charge in [0.2, 0.25) is 15.9 Å². The minimum absolute atomic E-state index is 0.106. The summed E-state index contributed by atoms with van der Waals surface area (Å²) in [5, 5.41) is 0. The van der Waals surface area contributed by atoms with E-state index in [9.17, 15) is 13.2 Å². The number of sulfonamides is 1. The highest BCUT2D eigenvalue weighted by Crippen LogP contribution is 2.30. The summed E-state index contributed by atoms with van der Waals surface area (Å²) < 4.78 is 44.1. The molecule has 34 heavy (non-hydrogen) atoms. The van der Waals surface area contributed by atoms with E-state index in [0.29, 0.717) is 30.2 Å². The quantitative estimate of drug-likeness (QED) is 0.421. The lowest BCUT2D eigenvalue weighted by atomic mass is 10.2. The first-order valence-corrected chi connectivity index (χ1v) is 12.6. The lowest BCUT2D eigenvalue weighted by molar-refractivity contribution is -0.127. The van der Waals surface area contributed by atoms with Crippen molar-refractivity contribution in [3.05, 3.63) is 78.2 Å². The standard InChI is InChI=1S/C25H28N2O6S/c1-31-23-11-9-20(17-24(23)34(29,30)27-13-3-2-4-14-27)10-12-25(28)26(18-21-7-5-15-32-21)19-22-8-6-16-33-22/h5-12,15-17H,2-4,13-14,18-19H2,1H3. The maximum absolute atomic E-state index is 13.2. The van der Waals surface area contributed by atoms with Crippen LogP contribution in [0.2, 0.25) is 0 Å². The molecule has 8 nitrogen and oxygen atoms in total. The second-order valence-electron chi connectivity index (χ2n) is 8.06. The molecule has 0 aliphatic carbocycles. The molecule has 1 aliphatic heterocycles. The van der Waals surface area contributed by atoms with Crippen molar-refractivity contribution in [1.29, 1.82) is 0 Å². The molecule has 0 N–H and O–H groups in total. The number of methoxy groups -OCH3 is 1. The third kappa shape index (κ3) is 5.60. The second-order valence-corrected chi connectivity index (χ2v) is 9.97. The van der Waals surface area contributed by atoms with Gasteiger partial charge >= 0.3 is 0 Å². The Morgan fingerprint density at radius 2 is 1.68 bits per heavy atom. The highest BCUT2D eigenvalue weighted by Gasteiger charge is 2.29. The molecule has 3 aromatic rings. The fraction of sp³-hybridized carbons (Fsp3) is 0.320. The third-order valence-electron chi connectivity index (χ3n) is 5.70. The second kappa shape index (κ2) is 10.8. The number of carbonyl (C=O) groups is 1. The molecule has 0 saturated carbocycles. The van der Waals surface area contributed by atoms with Crippen LogP contribution in [0.25, 0.3) is 6.08 Å². The molecule has 0 radical (unpaired) electrons. The molecule has 1 aromatic carbocycles. The zero-order chi connectivity index (χ0) is 24.0. The van der Waals surface area contributed by atoms with E-state index < -0.39 is 10.0 Å². The highest BCUT2D eigenvalue weighted by molar-refractivity contribution is 7.89. The van der Waals surface area contributed by atoms with Crippen molar-refractivity contribution in [2.24, 2.45) is 0 Å². The molecule has 0 bridgehead atoms. The Kier molecular flexibility index (Phi) is 7.54. The van der Waals surface area contributed by atoms with E-state index in [0.717, 1.165) is 19.3 Å². The first-order chi connectivity index (χ1) is 16.5. The van der Waals surface area contributed by atoms with E-state index in [1.807, 2.05) is 0 Å². The van der Waals surface area contributed by atoms with Crippen LogP contribution in [-0.2, 0) is 27.9 Å². The van der Waals surface area contributed by atoms with Crippen LogP contribution >= 0.6 is 0 Å². The predicted octanol–water partition coefficient (Wildman–Crippen LogP) is 4.30. The Bertz CT molecular complexity index is 1170. The molecular weight excluding hydrogens is 456 g/mol. The Morgan fingerprint density at radius 1 is 1.03 bits per heavy atom. The van der Waals surface area contributed by atoms with Gasteiger partial charge in [-0.2, -0.15) is 4.31 Å². The smallest absolute Gasteiger partial charge is 0.247 e. The van der Waals surface area contributed by atoms with Crippen molar-refractivity contribution in [1.82, 2.24) is 9.21 Å². The summed E-state index contributed by atoms with van der Waals surface area (Å²) in [5.41, 5.74) is 0.584. The molecule has 9 heteroatoms. The summed E-state index contributed by atoms with van der Waals surface area (Å²) in [6.45, 7) is 1.54. The lowest BCUT2D eigenvalue weighted by Gasteiger charge is -2.26. The minimum Gasteiger partial charge on any atom is -0.495 e. The number of ether oxygens (including phenoxy) is 1. The van der Waals surface area contributed by atoms with Crippen LogP contribution in [0.15, 0.2) is 74.8 Å². The Labute approximate surface area is 199 Å². The van der Waals surface area contributed by atoms with Gasteiger partial charge in [-0.15, -0.1) is 0 Å². The van der Waals surface area contributed by atoms with Gasteiger partial charge < -0.3 is 18.5 Å². The maximum Gasteiger partial charge on any atom is 0.247 e. The molecule has 4 rings (SSSR count). The third-order valence-corrected chi connectivity index (χ3v) is 7.62. The number of nitrogens with zero attached hydrogens (tertiary/aromatic N) is 2. The van der Waals surface area contributed by atoms with E-state index >= 15 is 0 Å². The largest absolute Gasteiger partial charge is 0.495 e. The fourth-order valence-corrected chi connectivity index (χ4v) is 5.62. The molecule has 1 aliphatic rings. The van der Waals surface area contributed by atoms with Crippen molar-refractivity contribution in [2.75, 3.05) is 20.2 Å². The van der Waals surface area contributed by atoms with Gasteiger partial charge in [0.15, 0.2) is 0 Å². The van der Waals surface area contributed by atoms with Crippen LogP contribution in [0, 0.1) is 0 Å². The molecular formula is C25H28N2O6S. The van der Waals surface area contributed by atoms with Crippen molar-refractivity contribution in [3.63, 3.8) is 0 Å². The van der Waals surface area contributed by atoms with Crippen molar-refractivity contribution in [2.45, 2.75) is 37.2 Å². The van der Waals surface area contributed by atoms with Gasteiger partial charge in [0.1, 0.15) is 22.2 Å². The van der Waals surface area contributed by atoms with E-state index in [4.69, 9.17) is 13.6 Å². The normalized spacial score (nSPS) is 15.0. The SMILES string of the molecule is COc1ccc(C=CC(=O)N(Cc2ccco2)Cc2ccco2)cc1S(=O)(=O)N1CCCCC1. The summed E-state index contributed by atoms with van der Waals surface area (Å²) in [4.78, 5) is 14.7. The average molecular weight is 485 g/mol. The van der Waals surface area contributed by atoms with Crippen molar-refractivity contribution in [3.8, 4) is 5.75 Å². The van der Waals surface area contributed by atoms with E-state index in [2.05, 4.69) is 0 Å². The molecule has 0 unspecified atom stereocenters. The monoisotopic (exact) mass is 484 g/mol. The fourth-order valence-electron chi connectivity index (χ4n) is 3.91. The molecule has 180 valence electrons. The molecule has 2 aromatic heterocycles. The van der Waals surface area contributed by atoms with E-state index in [1.54, 1.807) is 66.0 Å². The zero-order valence-corrected chi connectivity index (χ0v) is 19.9. The van der Waals surface area contributed by atoms with Gasteiger partial charge in [0, 0.05) is 19.2 Å². The Morgan fingerprint density at radius 3 is 2.24 bits per heavy atom. The summed E-state index contributed by atoms with van der Waals surface area (Å²) in [7, 11) is -2.25. The van der Waals surface area contributed by atoms with Crippen LogP contribution < -0.4 is 4.74 Å². The van der Waals surface area contributed by atoms with Crippen molar-refractivity contribution < 1.29 is 26.8 Å². The highest BCUT2D eigenvalue weighted by atomic mass is 32.2. The molecule has 0 spiro atoms. The molecule has 1 fully saturated rings. The summed E-state index contributed by atoms with van der Waals surface area (Å²) >= 11 is 0. The first kappa shape index (κ1) is 23.8. The summed E-state index contributed by atoms with van der Waals surface area (Å²) in [6.07, 6.45) is 8.86. The van der Waals surface area contributed by atoms with E-state index in [-0.39, 0.29) is 29.6 Å². The minimum atomic E-state index is -3.70. The molecule has 0 atom stereocenters. The molecule has 3 heterocycles. The van der Waals surface area contributed by atoms with E-state index in [1.165, 1.54) is 17.5 Å². The summed E-state index contributed by atoms with van der Waals surface area (Å²) in [5.74, 6) is 1.32. The Hall–Kier alpha value is -3.30. The number of hydrogen-bond donors (Lipinski definition) is 0. The first-order valence-electron chi connectivity index (χ1n) is 11.2. The Balaban J connectivity index is 1.56. The number of carbonyl (C=O) groups excluding carboxylic acids is 1. The number of amides is 1. The molecule has 1 amide bonds. The number of benzene rings is 1. The van der Waals surface area contributed by atoms with Crippen molar-refractivity contribution >= 4 is 22.0 Å². The van der Waals surface area contributed by atoms with Crippen LogP contribution in [-0.4, -0.2) is 43.7 Å². The number of hydrogen-bond acceptors (Lipinski definition) is 6. The van der Waals surface area contributed by atoms with Gasteiger partial charge in [-0.1, -0.05) is 12.5 Å². The van der Waals surface area contributed by atoms with Gasteiger partial charge in [-0.05, 0) is 60.9 Å². The number of piperidine rings is 1. The van der Waals surface area contributed by atoms with Crippen LogP contribution in [0.5, 0.6) is 5.75 Å². The van der Waals surface area contributed by atoms with Gasteiger partial charge in [0.25, 0.3) is 0 Å². The number of rotatable bonds is 9.